The highest BCUT2D eigenvalue weighted by molar-refractivity contribution is 9.10. The average Bonchev–Trinajstić information content (AvgIpc) is 2.43. The molecule has 0 atom stereocenters. The zero-order valence-corrected chi connectivity index (χ0v) is 13.9. The number of benzene rings is 1. The lowest BCUT2D eigenvalue weighted by Crippen LogP contribution is -2.07. The highest BCUT2D eigenvalue weighted by atomic mass is 79.9. The molecule has 1 aliphatic heterocycles. The zero-order valence-electron chi connectivity index (χ0n) is 10.8. The van der Waals surface area contributed by atoms with Gasteiger partial charge < -0.3 is 0 Å². The lowest BCUT2D eigenvalue weighted by Gasteiger charge is -2.11. The van der Waals surface area contributed by atoms with Crippen LogP contribution < -0.4 is 0 Å². The minimum Gasteiger partial charge on any atom is -0.288 e. The summed E-state index contributed by atoms with van der Waals surface area (Å²) < 4.78 is 0.841. The van der Waals surface area contributed by atoms with E-state index in [2.05, 4.69) is 20.9 Å². The topological polar surface area (TPSA) is 29.4 Å². The maximum absolute atomic E-state index is 12.6. The van der Waals surface area contributed by atoms with Gasteiger partial charge in [-0.1, -0.05) is 56.8 Å². The fourth-order valence-electron chi connectivity index (χ4n) is 1.83. The largest absolute Gasteiger partial charge is 0.288 e. The smallest absolute Gasteiger partial charge is 0.196 e. The standard InChI is InChI=1S/C15H12BrCl2NO/c1-9-5-6-13(17)19-8-12(14(9)18)15(20)10-3-2-4-11(16)7-10/h2-4,7-8H,5-6H2,1H3. The number of rotatable bonds is 2. The second kappa shape index (κ2) is 6.70. The highest BCUT2D eigenvalue weighted by Crippen LogP contribution is 2.28. The van der Waals surface area contributed by atoms with Gasteiger partial charge in [-0.3, -0.25) is 4.79 Å². The van der Waals surface area contributed by atoms with E-state index in [9.17, 15) is 4.79 Å². The molecule has 0 amide bonds. The Morgan fingerprint density at radius 2 is 2.05 bits per heavy atom. The molecule has 0 saturated carbocycles. The van der Waals surface area contributed by atoms with Crippen LogP contribution >= 0.6 is 39.1 Å². The first-order valence-corrected chi connectivity index (χ1v) is 7.62. The number of hydrogen-bond acceptors (Lipinski definition) is 2. The van der Waals surface area contributed by atoms with Crippen molar-refractivity contribution in [2.45, 2.75) is 19.8 Å². The zero-order chi connectivity index (χ0) is 14.7. The molecule has 0 spiro atoms. The molecule has 0 bridgehead atoms. The number of carbonyl (C=O) groups is 1. The summed E-state index contributed by atoms with van der Waals surface area (Å²) in [6.45, 7) is 1.90. The maximum atomic E-state index is 12.6. The molecule has 1 aromatic rings. The first kappa shape index (κ1) is 15.5. The van der Waals surface area contributed by atoms with Gasteiger partial charge in [0.05, 0.1) is 10.6 Å². The Morgan fingerprint density at radius 1 is 1.30 bits per heavy atom. The van der Waals surface area contributed by atoms with Crippen molar-refractivity contribution in [3.63, 3.8) is 0 Å². The number of allylic oxidation sites excluding steroid dienone is 3. The van der Waals surface area contributed by atoms with E-state index in [0.717, 1.165) is 10.0 Å². The molecule has 1 aliphatic rings. The molecule has 0 aromatic heterocycles. The van der Waals surface area contributed by atoms with Gasteiger partial charge in [0.2, 0.25) is 0 Å². The predicted molar refractivity (Wildman–Crippen MR) is 87.6 cm³/mol. The molecule has 5 heteroatoms. The molecule has 20 heavy (non-hydrogen) atoms. The normalized spacial score (nSPS) is 16.2. The lowest BCUT2D eigenvalue weighted by atomic mass is 10.00. The van der Waals surface area contributed by atoms with Gasteiger partial charge in [-0.05, 0) is 25.5 Å². The third kappa shape index (κ3) is 3.60. The molecule has 2 rings (SSSR count). The fourth-order valence-corrected chi connectivity index (χ4v) is 2.60. The van der Waals surface area contributed by atoms with Gasteiger partial charge in [0.15, 0.2) is 5.78 Å². The van der Waals surface area contributed by atoms with Crippen LogP contribution in [0, 0.1) is 0 Å². The molecule has 0 radical (unpaired) electrons. The highest BCUT2D eigenvalue weighted by Gasteiger charge is 2.19. The Hall–Kier alpha value is -0.900. The first-order chi connectivity index (χ1) is 9.49. The van der Waals surface area contributed by atoms with Crippen LogP contribution in [0.5, 0.6) is 0 Å². The molecular weight excluding hydrogens is 361 g/mol. The summed E-state index contributed by atoms with van der Waals surface area (Å²) in [6.07, 6.45) is 2.79. The quantitative estimate of drug-likeness (QED) is 0.633. The molecule has 1 aromatic carbocycles. The minimum absolute atomic E-state index is 0.161. The van der Waals surface area contributed by atoms with E-state index in [0.29, 0.717) is 34.2 Å². The van der Waals surface area contributed by atoms with Gasteiger partial charge >= 0.3 is 0 Å². The SMILES string of the molecule is CC1=C(Cl)C(C(=O)c2cccc(Br)c2)=CN=C(Cl)CC1. The Kier molecular flexibility index (Phi) is 5.19. The summed E-state index contributed by atoms with van der Waals surface area (Å²) in [5.41, 5.74) is 1.87. The number of carbonyl (C=O) groups excluding carboxylic acids is 1. The number of halogens is 3. The van der Waals surface area contributed by atoms with Gasteiger partial charge in [0, 0.05) is 22.7 Å². The molecule has 0 fully saturated rings. The van der Waals surface area contributed by atoms with Gasteiger partial charge in [0.25, 0.3) is 0 Å². The molecule has 0 aliphatic carbocycles. The van der Waals surface area contributed by atoms with Crippen molar-refractivity contribution in [3.8, 4) is 0 Å². The summed E-state index contributed by atoms with van der Waals surface area (Å²) >= 11 is 15.6. The van der Waals surface area contributed by atoms with Crippen LogP contribution in [0.3, 0.4) is 0 Å². The number of aliphatic imine (C=N–C) groups is 1. The van der Waals surface area contributed by atoms with Crippen LogP contribution in [-0.2, 0) is 0 Å². The first-order valence-electron chi connectivity index (χ1n) is 6.07. The van der Waals surface area contributed by atoms with Crippen molar-refractivity contribution >= 4 is 50.1 Å². The Labute approximate surface area is 136 Å². The van der Waals surface area contributed by atoms with Crippen LogP contribution in [0.15, 0.2) is 56.1 Å². The van der Waals surface area contributed by atoms with Crippen molar-refractivity contribution in [1.29, 1.82) is 0 Å². The van der Waals surface area contributed by atoms with E-state index in [-0.39, 0.29) is 5.78 Å². The van der Waals surface area contributed by atoms with E-state index in [1.807, 2.05) is 19.1 Å². The number of ketones is 1. The Morgan fingerprint density at radius 3 is 2.75 bits per heavy atom. The molecule has 104 valence electrons. The summed E-state index contributed by atoms with van der Waals surface area (Å²) in [5, 5.41) is 0.941. The monoisotopic (exact) mass is 371 g/mol. The summed E-state index contributed by atoms with van der Waals surface area (Å²) in [4.78, 5) is 16.6. The van der Waals surface area contributed by atoms with Crippen molar-refractivity contribution < 1.29 is 4.79 Å². The fraction of sp³-hybridized carbons (Fsp3) is 0.200. The lowest BCUT2D eigenvalue weighted by molar-refractivity contribution is 0.103. The third-order valence-electron chi connectivity index (χ3n) is 2.98. The average molecular weight is 373 g/mol. The van der Waals surface area contributed by atoms with Crippen LogP contribution in [-0.4, -0.2) is 11.0 Å². The van der Waals surface area contributed by atoms with Crippen molar-refractivity contribution in [2.24, 2.45) is 4.99 Å². The summed E-state index contributed by atoms with van der Waals surface area (Å²) in [7, 11) is 0. The molecule has 0 N–H and O–H groups in total. The van der Waals surface area contributed by atoms with E-state index in [1.54, 1.807) is 12.1 Å². The van der Waals surface area contributed by atoms with Gasteiger partial charge in [-0.2, -0.15) is 0 Å². The Balaban J connectivity index is 2.47. The number of hydrogen-bond donors (Lipinski definition) is 0. The number of Topliss-reactive ketones (excluding diaryl/α,β-unsaturated/α-hetero) is 1. The molecule has 0 saturated heterocycles. The minimum atomic E-state index is -0.161. The van der Waals surface area contributed by atoms with Crippen LogP contribution in [0.2, 0.25) is 0 Å². The van der Waals surface area contributed by atoms with Crippen molar-refractivity contribution in [2.75, 3.05) is 0 Å². The Bertz CT molecular complexity index is 647. The molecular formula is C15H12BrCl2NO. The van der Waals surface area contributed by atoms with Gasteiger partial charge in [-0.25, -0.2) is 4.99 Å². The van der Waals surface area contributed by atoms with Gasteiger partial charge in [0.1, 0.15) is 5.17 Å². The molecule has 1 heterocycles. The van der Waals surface area contributed by atoms with E-state index >= 15 is 0 Å². The van der Waals surface area contributed by atoms with E-state index < -0.39 is 0 Å². The molecule has 0 unspecified atom stereocenters. The summed E-state index contributed by atoms with van der Waals surface area (Å²) in [5.74, 6) is -0.161. The second-order valence-corrected chi connectivity index (χ2v) is 6.21. The second-order valence-electron chi connectivity index (χ2n) is 4.48. The van der Waals surface area contributed by atoms with Crippen LogP contribution in [0.1, 0.15) is 30.1 Å². The predicted octanol–water partition coefficient (Wildman–Crippen LogP) is 5.46. The van der Waals surface area contributed by atoms with E-state index in [4.69, 9.17) is 23.2 Å². The van der Waals surface area contributed by atoms with Crippen molar-refractivity contribution in [1.82, 2.24) is 0 Å². The maximum Gasteiger partial charge on any atom is 0.196 e. The van der Waals surface area contributed by atoms with E-state index in [1.165, 1.54) is 6.20 Å². The van der Waals surface area contributed by atoms with Crippen LogP contribution in [0.25, 0.3) is 0 Å². The van der Waals surface area contributed by atoms with Crippen molar-refractivity contribution in [3.05, 3.63) is 56.7 Å². The number of nitrogens with zero attached hydrogens (tertiary/aromatic N) is 1. The third-order valence-corrected chi connectivity index (χ3v) is 4.29. The summed E-state index contributed by atoms with van der Waals surface area (Å²) in [6, 6.07) is 7.17. The molecule has 2 nitrogen and oxygen atoms in total. The van der Waals surface area contributed by atoms with Gasteiger partial charge in [-0.15, -0.1) is 0 Å². The van der Waals surface area contributed by atoms with Crippen LogP contribution in [0.4, 0.5) is 0 Å².